The maximum Gasteiger partial charge on any atom is 0.0802 e. The van der Waals surface area contributed by atoms with Gasteiger partial charge in [0.15, 0.2) is 0 Å². The molecule has 1 aliphatic rings. The zero-order valence-corrected chi connectivity index (χ0v) is 12.4. The monoisotopic (exact) mass is 281 g/mol. The van der Waals surface area contributed by atoms with Crippen LogP contribution in [0.5, 0.6) is 0 Å². The van der Waals surface area contributed by atoms with Gasteiger partial charge >= 0.3 is 0 Å². The van der Waals surface area contributed by atoms with E-state index in [1.807, 2.05) is 24.3 Å². The molecule has 19 heavy (non-hydrogen) atoms. The normalized spacial score (nSPS) is 21.7. The van der Waals surface area contributed by atoms with E-state index in [0.29, 0.717) is 0 Å². The van der Waals surface area contributed by atoms with Crippen molar-refractivity contribution >= 4 is 11.6 Å². The van der Waals surface area contributed by atoms with E-state index in [-0.39, 0.29) is 6.10 Å². The van der Waals surface area contributed by atoms with Crippen LogP contribution in [0.25, 0.3) is 0 Å². The highest BCUT2D eigenvalue weighted by Gasteiger charge is 2.22. The smallest absolute Gasteiger partial charge is 0.0802 e. The number of aliphatic hydroxyl groups is 1. The minimum atomic E-state index is -0.373. The van der Waals surface area contributed by atoms with Gasteiger partial charge in [0.05, 0.1) is 6.10 Å². The molecule has 2 unspecified atom stereocenters. The quantitative estimate of drug-likeness (QED) is 0.855. The first-order valence-corrected chi connectivity index (χ1v) is 7.72. The van der Waals surface area contributed by atoms with E-state index in [1.165, 1.54) is 32.4 Å². The van der Waals surface area contributed by atoms with Gasteiger partial charge in [-0.05, 0) is 49.4 Å². The Labute approximate surface area is 121 Å². The number of hydrogen-bond donors (Lipinski definition) is 1. The first kappa shape index (κ1) is 14.8. The third-order valence-electron chi connectivity index (χ3n) is 4.04. The second kappa shape index (κ2) is 7.28. The van der Waals surface area contributed by atoms with E-state index >= 15 is 0 Å². The molecule has 0 aliphatic carbocycles. The highest BCUT2D eigenvalue weighted by Crippen LogP contribution is 2.23. The number of hydrogen-bond acceptors (Lipinski definition) is 2. The van der Waals surface area contributed by atoms with Crippen molar-refractivity contribution in [3.8, 4) is 0 Å². The van der Waals surface area contributed by atoms with Crippen LogP contribution in [0.4, 0.5) is 0 Å². The average molecular weight is 282 g/mol. The first-order chi connectivity index (χ1) is 9.19. The van der Waals surface area contributed by atoms with Gasteiger partial charge in [-0.25, -0.2) is 0 Å². The zero-order valence-electron chi connectivity index (χ0n) is 11.7. The Bertz CT molecular complexity index is 379. The van der Waals surface area contributed by atoms with Crippen LogP contribution in [0.3, 0.4) is 0 Å². The van der Waals surface area contributed by atoms with Crippen LogP contribution in [0, 0.1) is 5.92 Å². The van der Waals surface area contributed by atoms with Crippen molar-refractivity contribution in [1.29, 1.82) is 0 Å². The van der Waals surface area contributed by atoms with Crippen LogP contribution in [0.2, 0.25) is 5.02 Å². The summed E-state index contributed by atoms with van der Waals surface area (Å²) in [6.45, 7) is 5.65. The van der Waals surface area contributed by atoms with Crippen molar-refractivity contribution in [2.24, 2.45) is 5.92 Å². The fourth-order valence-electron chi connectivity index (χ4n) is 2.92. The minimum absolute atomic E-state index is 0.373. The van der Waals surface area contributed by atoms with Crippen LogP contribution in [0.1, 0.15) is 44.3 Å². The minimum Gasteiger partial charge on any atom is -0.388 e. The molecule has 1 heterocycles. The molecule has 0 aromatic heterocycles. The van der Waals surface area contributed by atoms with E-state index in [0.717, 1.165) is 29.5 Å². The van der Waals surface area contributed by atoms with Crippen molar-refractivity contribution in [3.05, 3.63) is 34.9 Å². The van der Waals surface area contributed by atoms with Crippen molar-refractivity contribution < 1.29 is 5.11 Å². The first-order valence-electron chi connectivity index (χ1n) is 7.35. The van der Waals surface area contributed by atoms with E-state index in [1.54, 1.807) is 0 Å². The molecule has 0 amide bonds. The molecular formula is C16H24ClNO. The Balaban J connectivity index is 1.75. The van der Waals surface area contributed by atoms with Gasteiger partial charge < -0.3 is 10.0 Å². The fraction of sp³-hybridized carbons (Fsp3) is 0.625. The largest absolute Gasteiger partial charge is 0.388 e. The van der Waals surface area contributed by atoms with Gasteiger partial charge in [0.25, 0.3) is 0 Å². The van der Waals surface area contributed by atoms with Gasteiger partial charge in [0.2, 0.25) is 0 Å². The van der Waals surface area contributed by atoms with Crippen LogP contribution >= 0.6 is 11.6 Å². The summed E-state index contributed by atoms with van der Waals surface area (Å²) in [5.74, 6) is 0.873. The third-order valence-corrected chi connectivity index (χ3v) is 4.29. The molecule has 1 aromatic carbocycles. The third kappa shape index (κ3) is 4.48. The van der Waals surface area contributed by atoms with E-state index in [9.17, 15) is 5.11 Å². The molecule has 1 N–H and O–H groups in total. The van der Waals surface area contributed by atoms with Gasteiger partial charge in [0, 0.05) is 18.1 Å². The summed E-state index contributed by atoms with van der Waals surface area (Å²) >= 11 is 5.85. The van der Waals surface area contributed by atoms with Gasteiger partial charge in [-0.1, -0.05) is 37.1 Å². The second-order valence-corrected chi connectivity index (χ2v) is 6.04. The molecule has 0 bridgehead atoms. The van der Waals surface area contributed by atoms with E-state index < -0.39 is 0 Å². The zero-order chi connectivity index (χ0) is 13.7. The van der Waals surface area contributed by atoms with Crippen molar-refractivity contribution in [2.75, 3.05) is 19.6 Å². The molecule has 0 saturated carbocycles. The lowest BCUT2D eigenvalue weighted by atomic mass is 10.0. The van der Waals surface area contributed by atoms with Gasteiger partial charge in [0.1, 0.15) is 0 Å². The summed E-state index contributed by atoms with van der Waals surface area (Å²) in [5, 5.41) is 10.9. The molecule has 0 spiro atoms. The Kier molecular flexibility index (Phi) is 5.68. The van der Waals surface area contributed by atoms with Crippen molar-refractivity contribution in [1.82, 2.24) is 4.90 Å². The van der Waals surface area contributed by atoms with E-state index in [4.69, 9.17) is 11.6 Å². The summed E-state index contributed by atoms with van der Waals surface area (Å²) in [6.07, 6.45) is 4.38. The number of benzene rings is 1. The molecule has 2 atom stereocenters. The predicted octanol–water partition coefficient (Wildman–Crippen LogP) is 3.89. The van der Waals surface area contributed by atoms with E-state index in [2.05, 4.69) is 11.8 Å². The lowest BCUT2D eigenvalue weighted by Crippen LogP contribution is -2.23. The molecule has 3 heteroatoms. The summed E-state index contributed by atoms with van der Waals surface area (Å²) in [5.41, 5.74) is 0.966. The van der Waals surface area contributed by atoms with Gasteiger partial charge in [-0.3, -0.25) is 0 Å². The van der Waals surface area contributed by atoms with Crippen molar-refractivity contribution in [2.45, 2.75) is 38.7 Å². The van der Waals surface area contributed by atoms with Gasteiger partial charge in [-0.2, -0.15) is 0 Å². The Hall–Kier alpha value is -0.570. The molecule has 1 fully saturated rings. The lowest BCUT2D eigenvalue weighted by molar-refractivity contribution is 0.147. The summed E-state index contributed by atoms with van der Waals surface area (Å²) < 4.78 is 0. The highest BCUT2D eigenvalue weighted by molar-refractivity contribution is 6.30. The average Bonchev–Trinajstić information content (AvgIpc) is 2.85. The predicted molar refractivity (Wildman–Crippen MR) is 80.5 cm³/mol. The standard InChI is InChI=1S/C16H24ClNO/c1-2-3-13-8-10-18(12-13)11-9-16(19)14-4-6-15(17)7-5-14/h4-7,13,16,19H,2-3,8-12H2,1H3. The van der Waals surface area contributed by atoms with Crippen LogP contribution < -0.4 is 0 Å². The maximum absolute atomic E-state index is 10.2. The molecule has 2 rings (SSSR count). The molecule has 1 aliphatic heterocycles. The number of aliphatic hydroxyl groups excluding tert-OH is 1. The summed E-state index contributed by atoms with van der Waals surface area (Å²) in [7, 11) is 0. The number of likely N-dealkylation sites (tertiary alicyclic amines) is 1. The number of rotatable bonds is 6. The lowest BCUT2D eigenvalue weighted by Gasteiger charge is -2.18. The molecular weight excluding hydrogens is 258 g/mol. The summed E-state index contributed by atoms with van der Waals surface area (Å²) in [4.78, 5) is 2.49. The molecule has 1 saturated heterocycles. The molecule has 106 valence electrons. The molecule has 0 radical (unpaired) electrons. The van der Waals surface area contributed by atoms with Crippen LogP contribution in [-0.2, 0) is 0 Å². The maximum atomic E-state index is 10.2. The topological polar surface area (TPSA) is 23.5 Å². The van der Waals surface area contributed by atoms with Gasteiger partial charge in [-0.15, -0.1) is 0 Å². The number of halogens is 1. The van der Waals surface area contributed by atoms with Crippen LogP contribution in [-0.4, -0.2) is 29.6 Å². The van der Waals surface area contributed by atoms with Crippen LogP contribution in [0.15, 0.2) is 24.3 Å². The Morgan fingerprint density at radius 3 is 2.79 bits per heavy atom. The Morgan fingerprint density at radius 1 is 1.37 bits per heavy atom. The Morgan fingerprint density at radius 2 is 2.11 bits per heavy atom. The summed E-state index contributed by atoms with van der Waals surface area (Å²) in [6, 6.07) is 7.51. The van der Waals surface area contributed by atoms with Crippen molar-refractivity contribution in [3.63, 3.8) is 0 Å². The molecule has 1 aromatic rings. The SMILES string of the molecule is CCCC1CCN(CCC(O)c2ccc(Cl)cc2)C1. The fourth-order valence-corrected chi connectivity index (χ4v) is 3.04. The second-order valence-electron chi connectivity index (χ2n) is 5.60. The molecule has 2 nitrogen and oxygen atoms in total. The number of nitrogens with zero attached hydrogens (tertiary/aromatic N) is 1. The highest BCUT2D eigenvalue weighted by atomic mass is 35.5.